The van der Waals surface area contributed by atoms with Crippen LogP contribution in [0.2, 0.25) is 0 Å². The van der Waals surface area contributed by atoms with E-state index in [0.717, 1.165) is 0 Å². The SMILES string of the molecule is CCC(C)C(=O)OCC(=O)OCC(O)(C(F)(F)F)C(F)(F)F. The number of hydrogen-bond acceptors (Lipinski definition) is 5. The van der Waals surface area contributed by atoms with E-state index in [2.05, 4.69) is 9.47 Å². The Morgan fingerprint density at radius 1 is 1.05 bits per heavy atom. The number of aliphatic hydroxyl groups is 1. The average molecular weight is 340 g/mol. The molecule has 0 aliphatic carbocycles. The van der Waals surface area contributed by atoms with Crippen molar-refractivity contribution in [2.45, 2.75) is 38.2 Å². The summed E-state index contributed by atoms with van der Waals surface area (Å²) >= 11 is 0. The second-order valence-electron chi connectivity index (χ2n) is 4.43. The molecular formula is C11H14F6O5. The Morgan fingerprint density at radius 2 is 1.50 bits per heavy atom. The molecular weight excluding hydrogens is 326 g/mol. The Hall–Kier alpha value is -1.52. The van der Waals surface area contributed by atoms with Crippen molar-refractivity contribution in [1.82, 2.24) is 0 Å². The molecule has 0 saturated carbocycles. The van der Waals surface area contributed by atoms with E-state index in [4.69, 9.17) is 5.11 Å². The highest BCUT2D eigenvalue weighted by atomic mass is 19.4. The minimum atomic E-state index is -6.10. The molecule has 130 valence electrons. The third-order valence-corrected chi connectivity index (χ3v) is 2.73. The molecule has 22 heavy (non-hydrogen) atoms. The highest BCUT2D eigenvalue weighted by Crippen LogP contribution is 2.43. The highest BCUT2D eigenvalue weighted by molar-refractivity contribution is 5.77. The highest BCUT2D eigenvalue weighted by Gasteiger charge is 2.71. The summed E-state index contributed by atoms with van der Waals surface area (Å²) in [6.07, 6.45) is -11.8. The molecule has 0 saturated heterocycles. The maximum absolute atomic E-state index is 12.3. The molecule has 0 aromatic heterocycles. The molecule has 0 aliphatic rings. The fraction of sp³-hybridized carbons (Fsp3) is 0.818. The van der Waals surface area contributed by atoms with Crippen LogP contribution in [0.25, 0.3) is 0 Å². The van der Waals surface area contributed by atoms with Crippen LogP contribution in [0.1, 0.15) is 20.3 Å². The van der Waals surface area contributed by atoms with Crippen LogP contribution in [-0.2, 0) is 19.1 Å². The molecule has 1 unspecified atom stereocenters. The summed E-state index contributed by atoms with van der Waals surface area (Å²) < 4.78 is 81.7. The largest absolute Gasteiger partial charge is 0.459 e. The fourth-order valence-electron chi connectivity index (χ4n) is 0.990. The Balaban J connectivity index is 4.64. The summed E-state index contributed by atoms with van der Waals surface area (Å²) in [5.41, 5.74) is -5.20. The maximum Gasteiger partial charge on any atom is 0.429 e. The van der Waals surface area contributed by atoms with Crippen molar-refractivity contribution in [3.8, 4) is 0 Å². The van der Waals surface area contributed by atoms with E-state index in [0.29, 0.717) is 6.42 Å². The molecule has 0 bridgehead atoms. The Bertz CT molecular complexity index is 389. The summed E-state index contributed by atoms with van der Waals surface area (Å²) in [6, 6.07) is 0. The van der Waals surface area contributed by atoms with Crippen LogP contribution in [0.15, 0.2) is 0 Å². The van der Waals surface area contributed by atoms with Crippen molar-refractivity contribution in [3.63, 3.8) is 0 Å². The van der Waals surface area contributed by atoms with E-state index < -0.39 is 49.0 Å². The molecule has 0 radical (unpaired) electrons. The van der Waals surface area contributed by atoms with Gasteiger partial charge in [0, 0.05) is 0 Å². The lowest BCUT2D eigenvalue weighted by Crippen LogP contribution is -2.60. The summed E-state index contributed by atoms with van der Waals surface area (Å²) in [6.45, 7) is -0.481. The number of rotatable bonds is 6. The number of ether oxygens (including phenoxy) is 2. The zero-order valence-corrected chi connectivity index (χ0v) is 11.5. The van der Waals surface area contributed by atoms with E-state index in [9.17, 15) is 35.9 Å². The van der Waals surface area contributed by atoms with Crippen LogP contribution >= 0.6 is 0 Å². The van der Waals surface area contributed by atoms with Crippen LogP contribution in [0.4, 0.5) is 26.3 Å². The summed E-state index contributed by atoms with van der Waals surface area (Å²) in [7, 11) is 0. The third kappa shape index (κ3) is 5.04. The minimum Gasteiger partial charge on any atom is -0.459 e. The molecule has 1 atom stereocenters. The first-order valence-electron chi connectivity index (χ1n) is 5.94. The van der Waals surface area contributed by atoms with Crippen LogP contribution in [0, 0.1) is 5.92 Å². The molecule has 0 aromatic rings. The first kappa shape index (κ1) is 20.5. The van der Waals surface area contributed by atoms with Crippen LogP contribution < -0.4 is 0 Å². The van der Waals surface area contributed by atoms with Crippen LogP contribution in [0.3, 0.4) is 0 Å². The van der Waals surface area contributed by atoms with Gasteiger partial charge in [0.2, 0.25) is 0 Å². The summed E-state index contributed by atoms with van der Waals surface area (Å²) in [4.78, 5) is 22.2. The molecule has 0 aromatic carbocycles. The number of halogens is 6. The second kappa shape index (κ2) is 7.16. The van der Waals surface area contributed by atoms with Crippen LogP contribution in [0.5, 0.6) is 0 Å². The molecule has 11 heteroatoms. The number of alkyl halides is 6. The van der Waals surface area contributed by atoms with Gasteiger partial charge >= 0.3 is 24.3 Å². The number of carbonyl (C=O) groups is 2. The van der Waals surface area contributed by atoms with Crippen molar-refractivity contribution >= 4 is 11.9 Å². The van der Waals surface area contributed by atoms with Gasteiger partial charge in [-0.1, -0.05) is 13.8 Å². The van der Waals surface area contributed by atoms with Crippen LogP contribution in [-0.4, -0.2) is 48.2 Å². The monoisotopic (exact) mass is 340 g/mol. The van der Waals surface area contributed by atoms with Crippen molar-refractivity contribution in [1.29, 1.82) is 0 Å². The minimum absolute atomic E-state index is 0.357. The van der Waals surface area contributed by atoms with Gasteiger partial charge in [0.15, 0.2) is 6.61 Å². The van der Waals surface area contributed by atoms with E-state index in [1.807, 2.05) is 0 Å². The number of hydrogen-bond donors (Lipinski definition) is 1. The van der Waals surface area contributed by atoms with E-state index >= 15 is 0 Å². The first-order valence-corrected chi connectivity index (χ1v) is 5.94. The molecule has 5 nitrogen and oxygen atoms in total. The quantitative estimate of drug-likeness (QED) is 0.591. The predicted molar refractivity (Wildman–Crippen MR) is 58.4 cm³/mol. The Labute approximate surface area is 121 Å². The van der Waals surface area contributed by atoms with Gasteiger partial charge in [0.05, 0.1) is 5.92 Å². The van der Waals surface area contributed by atoms with Gasteiger partial charge in [-0.05, 0) is 6.42 Å². The molecule has 0 aliphatic heterocycles. The standard InChI is InChI=1S/C11H14F6O5/c1-3-6(2)8(19)21-4-7(18)22-5-9(20,10(12,13)14)11(15,16)17/h6,20H,3-5H2,1-2H3. The molecule has 1 N–H and O–H groups in total. The van der Waals surface area contributed by atoms with Crippen molar-refractivity contribution < 1.29 is 50.5 Å². The lowest BCUT2D eigenvalue weighted by Gasteiger charge is -2.31. The van der Waals surface area contributed by atoms with Gasteiger partial charge in [-0.25, -0.2) is 4.79 Å². The normalized spacial score (nSPS) is 14.4. The molecule has 0 heterocycles. The van der Waals surface area contributed by atoms with Gasteiger partial charge in [-0.15, -0.1) is 0 Å². The molecule has 0 fully saturated rings. The van der Waals surface area contributed by atoms with Crippen molar-refractivity contribution in [2.75, 3.05) is 13.2 Å². The number of carbonyl (C=O) groups excluding carboxylic acids is 2. The summed E-state index contributed by atoms with van der Waals surface area (Å²) in [5.74, 6) is -3.11. The third-order valence-electron chi connectivity index (χ3n) is 2.73. The molecule has 0 rings (SSSR count). The zero-order valence-electron chi connectivity index (χ0n) is 11.5. The van der Waals surface area contributed by atoms with Gasteiger partial charge in [-0.2, -0.15) is 26.3 Å². The lowest BCUT2D eigenvalue weighted by molar-refractivity contribution is -0.375. The first-order chi connectivity index (χ1) is 9.76. The zero-order chi connectivity index (χ0) is 17.8. The van der Waals surface area contributed by atoms with Gasteiger partial charge in [0.1, 0.15) is 6.61 Å². The molecule has 0 amide bonds. The van der Waals surface area contributed by atoms with Crippen molar-refractivity contribution in [3.05, 3.63) is 0 Å². The fourth-order valence-corrected chi connectivity index (χ4v) is 0.990. The topological polar surface area (TPSA) is 72.8 Å². The smallest absolute Gasteiger partial charge is 0.429 e. The Kier molecular flexibility index (Phi) is 6.67. The van der Waals surface area contributed by atoms with Gasteiger partial charge < -0.3 is 14.6 Å². The average Bonchev–Trinajstić information content (AvgIpc) is 2.38. The molecule has 0 spiro atoms. The predicted octanol–water partition coefficient (Wildman–Crippen LogP) is 1.97. The lowest BCUT2D eigenvalue weighted by atomic mass is 10.0. The summed E-state index contributed by atoms with van der Waals surface area (Å²) in [5, 5.41) is 8.70. The second-order valence-corrected chi connectivity index (χ2v) is 4.43. The van der Waals surface area contributed by atoms with E-state index in [1.165, 1.54) is 6.92 Å². The van der Waals surface area contributed by atoms with E-state index in [1.54, 1.807) is 6.92 Å². The maximum atomic E-state index is 12.3. The Morgan fingerprint density at radius 3 is 1.86 bits per heavy atom. The van der Waals surface area contributed by atoms with E-state index in [-0.39, 0.29) is 0 Å². The number of esters is 2. The van der Waals surface area contributed by atoms with Crippen molar-refractivity contribution in [2.24, 2.45) is 5.92 Å². The van der Waals surface area contributed by atoms with Gasteiger partial charge in [-0.3, -0.25) is 4.79 Å². The van der Waals surface area contributed by atoms with Gasteiger partial charge in [0.25, 0.3) is 5.60 Å².